The topological polar surface area (TPSA) is 46.6 Å². The van der Waals surface area contributed by atoms with Crippen molar-refractivity contribution >= 4 is 17.5 Å². The minimum atomic E-state index is -0.652. The van der Waals surface area contributed by atoms with E-state index in [0.717, 1.165) is 11.1 Å². The highest BCUT2D eigenvalue weighted by Crippen LogP contribution is 2.52. The first kappa shape index (κ1) is 14.6. The van der Waals surface area contributed by atoms with Gasteiger partial charge in [-0.1, -0.05) is 54.6 Å². The lowest BCUT2D eigenvalue weighted by Gasteiger charge is -2.24. The Bertz CT molecular complexity index is 902. The van der Waals surface area contributed by atoms with Crippen LogP contribution in [0, 0.1) is 11.8 Å². The third-order valence-electron chi connectivity index (χ3n) is 5.56. The number of carbonyl (C=O) groups is 2. The second-order valence-electron chi connectivity index (χ2n) is 7.05. The van der Waals surface area contributed by atoms with Crippen molar-refractivity contribution in [1.29, 1.82) is 0 Å². The van der Waals surface area contributed by atoms with Crippen LogP contribution < -0.4 is 4.90 Å². The molecule has 2 bridgehead atoms. The van der Waals surface area contributed by atoms with Crippen molar-refractivity contribution in [3.63, 3.8) is 0 Å². The van der Waals surface area contributed by atoms with Crippen LogP contribution in [-0.2, 0) is 14.3 Å². The average Bonchev–Trinajstić information content (AvgIpc) is 3.25. The van der Waals surface area contributed by atoms with Crippen LogP contribution in [0.2, 0.25) is 0 Å². The molecule has 0 saturated carbocycles. The van der Waals surface area contributed by atoms with E-state index in [2.05, 4.69) is 0 Å². The largest absolute Gasteiger partial charge is 0.362 e. The predicted octanol–water partition coefficient (Wildman–Crippen LogP) is 3.19. The molecule has 2 amide bonds. The number of nitrogens with zero attached hydrogens (tertiary/aromatic N) is 1. The van der Waals surface area contributed by atoms with Gasteiger partial charge in [0.1, 0.15) is 0 Å². The average molecular weight is 331 g/mol. The standard InChI is InChI=1S/C21H17NO3/c1-21-12-11-16(25-21)17-18(21)20(24)22(19(17)23)15-9-7-14(8-10-15)13-5-3-2-4-6-13/h2-12,16-18H,1H3/t16-,17-,18+,21+/m1/s1. The van der Waals surface area contributed by atoms with Crippen LogP contribution in [0.4, 0.5) is 5.69 Å². The molecule has 0 N–H and O–H groups in total. The second kappa shape index (κ2) is 4.90. The molecule has 2 saturated heterocycles. The number of amides is 2. The van der Waals surface area contributed by atoms with Crippen LogP contribution in [0.5, 0.6) is 0 Å². The molecule has 5 rings (SSSR count). The van der Waals surface area contributed by atoms with Crippen molar-refractivity contribution in [2.45, 2.75) is 18.6 Å². The fourth-order valence-electron chi connectivity index (χ4n) is 4.34. The summed E-state index contributed by atoms with van der Waals surface area (Å²) in [6.07, 6.45) is 3.56. The fourth-order valence-corrected chi connectivity index (χ4v) is 4.34. The van der Waals surface area contributed by atoms with Crippen molar-refractivity contribution < 1.29 is 14.3 Å². The first-order chi connectivity index (χ1) is 12.1. The van der Waals surface area contributed by atoms with Crippen LogP contribution in [0.25, 0.3) is 11.1 Å². The zero-order chi connectivity index (χ0) is 17.2. The zero-order valence-corrected chi connectivity index (χ0v) is 13.8. The van der Waals surface area contributed by atoms with E-state index in [1.807, 2.05) is 73.7 Å². The number of hydrogen-bond acceptors (Lipinski definition) is 3. The van der Waals surface area contributed by atoms with Gasteiger partial charge in [-0.3, -0.25) is 9.59 Å². The normalized spacial score (nSPS) is 32.5. The van der Waals surface area contributed by atoms with E-state index in [0.29, 0.717) is 5.69 Å². The van der Waals surface area contributed by atoms with Gasteiger partial charge in [0.15, 0.2) is 0 Å². The summed E-state index contributed by atoms with van der Waals surface area (Å²) in [5.41, 5.74) is 2.14. The molecule has 2 aromatic rings. The summed E-state index contributed by atoms with van der Waals surface area (Å²) in [5, 5.41) is 0. The Balaban J connectivity index is 1.49. The van der Waals surface area contributed by atoms with Crippen LogP contribution in [0.1, 0.15) is 6.92 Å². The highest BCUT2D eigenvalue weighted by Gasteiger charge is 2.65. The van der Waals surface area contributed by atoms with Crippen molar-refractivity contribution in [1.82, 2.24) is 0 Å². The van der Waals surface area contributed by atoms with E-state index in [9.17, 15) is 9.59 Å². The molecule has 4 heteroatoms. The molecule has 2 fully saturated rings. The Morgan fingerprint density at radius 1 is 0.920 bits per heavy atom. The van der Waals surface area contributed by atoms with E-state index < -0.39 is 17.4 Å². The van der Waals surface area contributed by atoms with Gasteiger partial charge in [-0.05, 0) is 30.2 Å². The Labute approximate surface area is 145 Å². The molecule has 4 atom stereocenters. The Morgan fingerprint density at radius 3 is 2.28 bits per heavy atom. The van der Waals surface area contributed by atoms with Crippen molar-refractivity contribution in [3.05, 3.63) is 66.7 Å². The van der Waals surface area contributed by atoms with Gasteiger partial charge in [-0.2, -0.15) is 0 Å². The highest BCUT2D eigenvalue weighted by atomic mass is 16.5. The molecule has 3 heterocycles. The van der Waals surface area contributed by atoms with Gasteiger partial charge in [0.25, 0.3) is 0 Å². The number of anilines is 1. The Morgan fingerprint density at radius 2 is 1.60 bits per heavy atom. The van der Waals surface area contributed by atoms with Gasteiger partial charge in [-0.15, -0.1) is 0 Å². The summed E-state index contributed by atoms with van der Waals surface area (Å²) in [6.45, 7) is 1.89. The summed E-state index contributed by atoms with van der Waals surface area (Å²) in [7, 11) is 0. The van der Waals surface area contributed by atoms with Crippen molar-refractivity contribution in [3.8, 4) is 11.1 Å². The number of imide groups is 1. The SMILES string of the molecule is C[C@@]12C=C[C@@H](O1)[C@H]1C(=O)N(c3ccc(-c4ccccc4)cc3)C(=O)[C@H]12. The summed E-state index contributed by atoms with van der Waals surface area (Å²) in [4.78, 5) is 27.2. The van der Waals surface area contributed by atoms with Crippen LogP contribution >= 0.6 is 0 Å². The lowest BCUT2D eigenvalue weighted by molar-refractivity contribution is -0.126. The number of ether oxygens (including phenoxy) is 1. The quantitative estimate of drug-likeness (QED) is 0.627. The Kier molecular flexibility index (Phi) is 2.86. The smallest absolute Gasteiger partial charge is 0.241 e. The summed E-state index contributed by atoms with van der Waals surface area (Å²) >= 11 is 0. The molecule has 0 radical (unpaired) electrons. The van der Waals surface area contributed by atoms with E-state index in [1.54, 1.807) is 0 Å². The third-order valence-corrected chi connectivity index (χ3v) is 5.56. The van der Waals surface area contributed by atoms with E-state index >= 15 is 0 Å². The van der Waals surface area contributed by atoms with Crippen molar-refractivity contribution in [2.75, 3.05) is 4.90 Å². The van der Waals surface area contributed by atoms with Crippen LogP contribution in [0.15, 0.2) is 66.7 Å². The third kappa shape index (κ3) is 1.91. The molecular formula is C21H17NO3. The maximum absolute atomic E-state index is 12.9. The lowest BCUT2D eigenvalue weighted by Crippen LogP contribution is -2.38. The molecule has 0 aliphatic carbocycles. The minimum Gasteiger partial charge on any atom is -0.362 e. The van der Waals surface area contributed by atoms with Crippen LogP contribution in [0.3, 0.4) is 0 Å². The number of carbonyl (C=O) groups excluding carboxylic acids is 2. The van der Waals surface area contributed by atoms with Gasteiger partial charge in [0.05, 0.1) is 29.2 Å². The number of fused-ring (bicyclic) bond motifs is 5. The molecular weight excluding hydrogens is 314 g/mol. The molecule has 25 heavy (non-hydrogen) atoms. The predicted molar refractivity (Wildman–Crippen MR) is 93.8 cm³/mol. The molecule has 3 aliphatic rings. The zero-order valence-electron chi connectivity index (χ0n) is 13.8. The maximum atomic E-state index is 12.9. The van der Waals surface area contributed by atoms with Crippen molar-refractivity contribution in [2.24, 2.45) is 11.8 Å². The summed E-state index contributed by atoms with van der Waals surface area (Å²) in [5.74, 6) is -1.11. The Hall–Kier alpha value is -2.72. The molecule has 3 aliphatic heterocycles. The van der Waals surface area contributed by atoms with E-state index in [-0.39, 0.29) is 17.9 Å². The number of benzene rings is 2. The molecule has 0 unspecified atom stereocenters. The van der Waals surface area contributed by atoms with Gasteiger partial charge in [0, 0.05) is 0 Å². The molecule has 0 spiro atoms. The first-order valence-corrected chi connectivity index (χ1v) is 8.49. The van der Waals surface area contributed by atoms with Gasteiger partial charge >= 0.3 is 0 Å². The first-order valence-electron chi connectivity index (χ1n) is 8.49. The summed E-state index contributed by atoms with van der Waals surface area (Å²) in [6, 6.07) is 17.6. The highest BCUT2D eigenvalue weighted by molar-refractivity contribution is 6.23. The number of rotatable bonds is 2. The molecule has 124 valence electrons. The fraction of sp³-hybridized carbons (Fsp3) is 0.238. The monoisotopic (exact) mass is 331 g/mol. The molecule has 4 nitrogen and oxygen atoms in total. The molecule has 2 aromatic carbocycles. The van der Waals surface area contributed by atoms with Gasteiger partial charge in [-0.25, -0.2) is 4.90 Å². The van der Waals surface area contributed by atoms with Crippen LogP contribution in [-0.4, -0.2) is 23.5 Å². The van der Waals surface area contributed by atoms with E-state index in [4.69, 9.17) is 4.74 Å². The number of hydrogen-bond donors (Lipinski definition) is 0. The summed E-state index contributed by atoms with van der Waals surface area (Å²) < 4.78 is 5.85. The van der Waals surface area contributed by atoms with Gasteiger partial charge < -0.3 is 4.74 Å². The minimum absolute atomic E-state index is 0.152. The molecule has 0 aromatic heterocycles. The second-order valence-corrected chi connectivity index (χ2v) is 7.05. The maximum Gasteiger partial charge on any atom is 0.241 e. The lowest BCUT2D eigenvalue weighted by atomic mass is 9.78. The van der Waals surface area contributed by atoms with Gasteiger partial charge in [0.2, 0.25) is 11.8 Å². The van der Waals surface area contributed by atoms with E-state index in [1.165, 1.54) is 4.90 Å².